The van der Waals surface area contributed by atoms with E-state index < -0.39 is 22.0 Å². The zero-order valence-corrected chi connectivity index (χ0v) is 23.1. The Labute approximate surface area is 229 Å². The Morgan fingerprint density at radius 2 is 1.76 bits per heavy atom. The van der Waals surface area contributed by atoms with Crippen molar-refractivity contribution in [3.05, 3.63) is 64.7 Å². The van der Waals surface area contributed by atoms with Crippen LogP contribution in [0.2, 0.25) is 5.02 Å². The van der Waals surface area contributed by atoms with Crippen LogP contribution in [0.5, 0.6) is 0 Å². The summed E-state index contributed by atoms with van der Waals surface area (Å²) in [6.07, 6.45) is 5.79. The number of hydrogen-bond donors (Lipinski definition) is 1. The van der Waals surface area contributed by atoms with Crippen molar-refractivity contribution >= 4 is 39.3 Å². The Hall–Kier alpha value is -2.91. The zero-order valence-electron chi connectivity index (χ0n) is 21.6. The van der Waals surface area contributed by atoms with Gasteiger partial charge in [-0.1, -0.05) is 62.1 Å². The SMILES string of the molecule is CCC(C(=O)NC1CCCCC1)N(Cc1ccc(Cl)cc1)C(=O)CCCN1C(=O)c2ccccc2S1(=O)=O. The van der Waals surface area contributed by atoms with Crippen LogP contribution >= 0.6 is 11.6 Å². The number of rotatable bonds is 10. The number of hydrogen-bond acceptors (Lipinski definition) is 5. The molecule has 1 heterocycles. The van der Waals surface area contributed by atoms with Crippen LogP contribution in [-0.4, -0.2) is 54.0 Å². The van der Waals surface area contributed by atoms with Crippen LogP contribution in [0.4, 0.5) is 0 Å². The molecule has 0 bridgehead atoms. The maximum absolute atomic E-state index is 13.5. The highest BCUT2D eigenvalue weighted by atomic mass is 35.5. The van der Waals surface area contributed by atoms with Crippen molar-refractivity contribution in [1.82, 2.24) is 14.5 Å². The Balaban J connectivity index is 1.46. The van der Waals surface area contributed by atoms with Crippen LogP contribution in [0, 0.1) is 0 Å². The quantitative estimate of drug-likeness (QED) is 0.461. The Morgan fingerprint density at radius 1 is 1.08 bits per heavy atom. The lowest BCUT2D eigenvalue weighted by Gasteiger charge is -2.33. The second kappa shape index (κ2) is 12.3. The molecule has 2 aromatic carbocycles. The number of halogens is 1. The molecule has 2 aliphatic rings. The maximum atomic E-state index is 13.5. The fourth-order valence-electron chi connectivity index (χ4n) is 5.22. The van der Waals surface area contributed by atoms with Gasteiger partial charge in [0.15, 0.2) is 0 Å². The van der Waals surface area contributed by atoms with Crippen LogP contribution < -0.4 is 5.32 Å². The molecule has 1 fully saturated rings. The summed E-state index contributed by atoms with van der Waals surface area (Å²) in [6, 6.07) is 12.7. The molecule has 2 aromatic rings. The van der Waals surface area contributed by atoms with E-state index in [9.17, 15) is 22.8 Å². The minimum Gasteiger partial charge on any atom is -0.352 e. The van der Waals surface area contributed by atoms with Gasteiger partial charge in [0.05, 0.1) is 5.56 Å². The van der Waals surface area contributed by atoms with Crippen molar-refractivity contribution in [1.29, 1.82) is 0 Å². The summed E-state index contributed by atoms with van der Waals surface area (Å²) in [4.78, 5) is 41.1. The standard InChI is InChI=1S/C28H34ClN3O5S/c1-2-24(27(34)30-22-9-4-3-5-10-22)31(19-20-14-16-21(29)17-15-20)26(33)13-8-18-32-28(35)23-11-6-7-12-25(23)38(32,36)37/h6-7,11-12,14-17,22,24H,2-5,8-10,13,18-19H2,1H3,(H,30,34). The number of nitrogens with one attached hydrogen (secondary N) is 1. The molecule has 1 saturated carbocycles. The monoisotopic (exact) mass is 559 g/mol. The lowest BCUT2D eigenvalue weighted by atomic mass is 9.95. The molecule has 1 N–H and O–H groups in total. The normalized spacial score (nSPS) is 17.6. The first-order chi connectivity index (χ1) is 18.2. The number of carbonyl (C=O) groups excluding carboxylic acids is 3. The van der Waals surface area contributed by atoms with Gasteiger partial charge in [0.1, 0.15) is 10.9 Å². The highest BCUT2D eigenvalue weighted by molar-refractivity contribution is 7.90. The van der Waals surface area contributed by atoms with Gasteiger partial charge >= 0.3 is 0 Å². The molecule has 1 aliphatic heterocycles. The van der Waals surface area contributed by atoms with Crippen LogP contribution in [-0.2, 0) is 26.2 Å². The summed E-state index contributed by atoms with van der Waals surface area (Å²) >= 11 is 6.03. The van der Waals surface area contributed by atoms with E-state index in [4.69, 9.17) is 11.6 Å². The molecular weight excluding hydrogens is 526 g/mol. The molecule has 3 amide bonds. The van der Waals surface area contributed by atoms with Crippen molar-refractivity contribution in [2.75, 3.05) is 6.54 Å². The van der Waals surface area contributed by atoms with Gasteiger partial charge in [-0.3, -0.25) is 14.4 Å². The van der Waals surface area contributed by atoms with E-state index in [-0.39, 0.29) is 54.2 Å². The zero-order chi connectivity index (χ0) is 27.3. The molecular formula is C28H34ClN3O5S. The smallest absolute Gasteiger partial charge is 0.269 e. The summed E-state index contributed by atoms with van der Waals surface area (Å²) < 4.78 is 26.5. The minimum atomic E-state index is -3.93. The molecule has 38 heavy (non-hydrogen) atoms. The number of carbonyl (C=O) groups is 3. The molecule has 0 spiro atoms. The predicted molar refractivity (Wildman–Crippen MR) is 145 cm³/mol. The minimum absolute atomic E-state index is 0.00353. The van der Waals surface area contributed by atoms with E-state index in [1.54, 1.807) is 29.2 Å². The largest absolute Gasteiger partial charge is 0.352 e. The van der Waals surface area contributed by atoms with Crippen LogP contribution in [0.3, 0.4) is 0 Å². The summed E-state index contributed by atoms with van der Waals surface area (Å²) in [5.41, 5.74) is 0.980. The third-order valence-corrected chi connectivity index (χ3v) is 9.36. The number of fused-ring (bicyclic) bond motifs is 1. The van der Waals surface area contributed by atoms with E-state index >= 15 is 0 Å². The second-order valence-electron chi connectivity index (χ2n) is 9.90. The molecule has 0 saturated heterocycles. The predicted octanol–water partition coefficient (Wildman–Crippen LogP) is 4.52. The number of amides is 3. The van der Waals surface area contributed by atoms with Gasteiger partial charge in [-0.25, -0.2) is 12.7 Å². The van der Waals surface area contributed by atoms with Crippen molar-refractivity contribution in [3.8, 4) is 0 Å². The maximum Gasteiger partial charge on any atom is 0.269 e. The highest BCUT2D eigenvalue weighted by Crippen LogP contribution is 2.30. The second-order valence-corrected chi connectivity index (χ2v) is 12.2. The van der Waals surface area contributed by atoms with E-state index in [0.29, 0.717) is 11.4 Å². The Bertz CT molecular complexity index is 1280. The van der Waals surface area contributed by atoms with Gasteiger partial charge in [0.25, 0.3) is 15.9 Å². The number of benzene rings is 2. The van der Waals surface area contributed by atoms with Gasteiger partial charge in [-0.15, -0.1) is 0 Å². The first-order valence-electron chi connectivity index (χ1n) is 13.2. The Morgan fingerprint density at radius 3 is 2.42 bits per heavy atom. The first-order valence-corrected chi connectivity index (χ1v) is 15.0. The molecule has 1 aliphatic carbocycles. The lowest BCUT2D eigenvalue weighted by molar-refractivity contribution is -0.141. The summed E-state index contributed by atoms with van der Waals surface area (Å²) in [5, 5.41) is 3.72. The van der Waals surface area contributed by atoms with E-state index in [0.717, 1.165) is 35.6 Å². The number of sulfonamides is 1. The molecule has 10 heteroatoms. The van der Waals surface area contributed by atoms with Crippen LogP contribution in [0.25, 0.3) is 0 Å². The number of nitrogens with zero attached hydrogens (tertiary/aromatic N) is 2. The lowest BCUT2D eigenvalue weighted by Crippen LogP contribution is -2.51. The van der Waals surface area contributed by atoms with Gasteiger partial charge in [-0.2, -0.15) is 0 Å². The summed E-state index contributed by atoms with van der Waals surface area (Å²) in [6.45, 7) is 1.99. The topological polar surface area (TPSA) is 104 Å². The van der Waals surface area contributed by atoms with Crippen molar-refractivity contribution in [3.63, 3.8) is 0 Å². The average molecular weight is 560 g/mol. The highest BCUT2D eigenvalue weighted by Gasteiger charge is 2.40. The molecule has 0 radical (unpaired) electrons. The summed E-state index contributed by atoms with van der Waals surface area (Å²) in [5.74, 6) is -1.02. The third-order valence-electron chi connectivity index (χ3n) is 7.27. The van der Waals surface area contributed by atoms with Crippen molar-refractivity contribution in [2.24, 2.45) is 0 Å². The van der Waals surface area contributed by atoms with Crippen molar-refractivity contribution in [2.45, 2.75) is 81.8 Å². The van der Waals surface area contributed by atoms with Crippen molar-refractivity contribution < 1.29 is 22.8 Å². The molecule has 8 nitrogen and oxygen atoms in total. The fraction of sp³-hybridized carbons (Fsp3) is 0.464. The average Bonchev–Trinajstić information content (AvgIpc) is 3.10. The van der Waals surface area contributed by atoms with E-state index in [1.807, 2.05) is 19.1 Å². The molecule has 0 aromatic heterocycles. The molecule has 4 rings (SSSR count). The van der Waals surface area contributed by atoms with E-state index in [2.05, 4.69) is 5.32 Å². The first kappa shape index (κ1) is 28.1. The molecule has 1 unspecified atom stereocenters. The van der Waals surface area contributed by atoms with Gasteiger partial charge < -0.3 is 10.2 Å². The van der Waals surface area contributed by atoms with Gasteiger partial charge in [0.2, 0.25) is 11.8 Å². The fourth-order valence-corrected chi connectivity index (χ4v) is 6.95. The van der Waals surface area contributed by atoms with Crippen LogP contribution in [0.1, 0.15) is 74.2 Å². The van der Waals surface area contributed by atoms with Gasteiger partial charge in [-0.05, 0) is 55.5 Å². The third kappa shape index (κ3) is 6.21. The summed E-state index contributed by atoms with van der Waals surface area (Å²) in [7, 11) is -3.93. The van der Waals surface area contributed by atoms with Gasteiger partial charge in [0, 0.05) is 30.6 Å². The molecule has 204 valence electrons. The van der Waals surface area contributed by atoms with E-state index in [1.165, 1.54) is 18.6 Å². The Kier molecular flexibility index (Phi) is 9.10. The van der Waals surface area contributed by atoms with Crippen LogP contribution in [0.15, 0.2) is 53.4 Å². The molecule has 1 atom stereocenters.